The van der Waals surface area contributed by atoms with Crippen LogP contribution in [0, 0.1) is 0 Å². The van der Waals surface area contributed by atoms with Gasteiger partial charge >= 0.3 is 0 Å². The number of phenols is 1. The molecule has 0 unspecified atom stereocenters. The van der Waals surface area contributed by atoms with Gasteiger partial charge in [0.25, 0.3) is 0 Å². The monoisotopic (exact) mass is 270 g/mol. The van der Waals surface area contributed by atoms with Gasteiger partial charge in [0.1, 0.15) is 5.75 Å². The van der Waals surface area contributed by atoms with Crippen LogP contribution < -0.4 is 4.72 Å². The topological polar surface area (TPSA) is 69.6 Å². The Kier molecular flexibility index (Phi) is 3.89. The minimum Gasteiger partial charge on any atom is -0.508 e. The second-order valence-electron chi connectivity index (χ2n) is 4.70. The fourth-order valence-electron chi connectivity index (χ4n) is 2.06. The molecule has 1 saturated heterocycles. The molecule has 2 rings (SSSR count). The van der Waals surface area contributed by atoms with Crippen molar-refractivity contribution in [2.75, 3.05) is 20.1 Å². The van der Waals surface area contributed by atoms with Crippen LogP contribution in [0.25, 0.3) is 0 Å². The molecule has 0 aliphatic carbocycles. The van der Waals surface area contributed by atoms with E-state index in [-0.39, 0.29) is 16.7 Å². The highest BCUT2D eigenvalue weighted by atomic mass is 32.2. The maximum Gasteiger partial charge on any atom is 0.240 e. The van der Waals surface area contributed by atoms with Crippen molar-refractivity contribution in [3.63, 3.8) is 0 Å². The second kappa shape index (κ2) is 5.26. The first kappa shape index (κ1) is 13.3. The molecule has 0 aromatic heterocycles. The van der Waals surface area contributed by atoms with Crippen LogP contribution in [-0.2, 0) is 10.0 Å². The fourth-order valence-corrected chi connectivity index (χ4v) is 3.41. The van der Waals surface area contributed by atoms with E-state index in [1.165, 1.54) is 24.3 Å². The van der Waals surface area contributed by atoms with Crippen molar-refractivity contribution >= 4 is 10.0 Å². The summed E-state index contributed by atoms with van der Waals surface area (Å²) < 4.78 is 26.9. The van der Waals surface area contributed by atoms with Crippen molar-refractivity contribution in [3.05, 3.63) is 24.3 Å². The van der Waals surface area contributed by atoms with E-state index >= 15 is 0 Å². The number of benzene rings is 1. The zero-order valence-electron chi connectivity index (χ0n) is 10.3. The fraction of sp³-hybridized carbons (Fsp3) is 0.500. The second-order valence-corrected chi connectivity index (χ2v) is 6.41. The first-order chi connectivity index (χ1) is 8.47. The first-order valence-corrected chi connectivity index (χ1v) is 7.45. The predicted molar refractivity (Wildman–Crippen MR) is 68.9 cm³/mol. The maximum atomic E-state index is 12.1. The smallest absolute Gasteiger partial charge is 0.240 e. The molecule has 1 aliphatic heterocycles. The molecule has 1 fully saturated rings. The van der Waals surface area contributed by atoms with Crippen LogP contribution in [0.2, 0.25) is 0 Å². The van der Waals surface area contributed by atoms with Crippen LogP contribution in [0.15, 0.2) is 29.2 Å². The van der Waals surface area contributed by atoms with Crippen LogP contribution in [0.1, 0.15) is 12.8 Å². The van der Waals surface area contributed by atoms with Gasteiger partial charge in [0.2, 0.25) is 10.0 Å². The molecule has 2 N–H and O–H groups in total. The largest absolute Gasteiger partial charge is 0.508 e. The molecule has 0 saturated carbocycles. The van der Waals surface area contributed by atoms with Crippen molar-refractivity contribution < 1.29 is 13.5 Å². The van der Waals surface area contributed by atoms with Gasteiger partial charge in [-0.1, -0.05) is 6.07 Å². The predicted octanol–water partition coefficient (Wildman–Crippen LogP) is 0.765. The van der Waals surface area contributed by atoms with Crippen molar-refractivity contribution in [1.82, 2.24) is 9.62 Å². The highest BCUT2D eigenvalue weighted by molar-refractivity contribution is 7.89. The highest BCUT2D eigenvalue weighted by Gasteiger charge is 2.23. The molecular formula is C12H18N2O3S. The van der Waals surface area contributed by atoms with E-state index in [2.05, 4.69) is 9.62 Å². The summed E-state index contributed by atoms with van der Waals surface area (Å²) in [5.41, 5.74) is 0. The van der Waals surface area contributed by atoms with Gasteiger partial charge in [-0.15, -0.1) is 0 Å². The highest BCUT2D eigenvalue weighted by Crippen LogP contribution is 2.18. The molecule has 0 radical (unpaired) electrons. The van der Waals surface area contributed by atoms with Gasteiger partial charge in [-0.25, -0.2) is 13.1 Å². The van der Waals surface area contributed by atoms with E-state index in [9.17, 15) is 13.5 Å². The van der Waals surface area contributed by atoms with Gasteiger partial charge < -0.3 is 10.0 Å². The summed E-state index contributed by atoms with van der Waals surface area (Å²) in [4.78, 5) is 2.29. The van der Waals surface area contributed by atoms with Crippen molar-refractivity contribution in [2.24, 2.45) is 0 Å². The normalized spacial score (nSPS) is 18.9. The summed E-state index contributed by atoms with van der Waals surface area (Å²) in [6.07, 6.45) is 1.63. The minimum absolute atomic E-state index is 0.0199. The number of nitrogens with zero attached hydrogens (tertiary/aromatic N) is 1. The van der Waals surface area contributed by atoms with Gasteiger partial charge in [0.05, 0.1) is 4.90 Å². The van der Waals surface area contributed by atoms with Crippen LogP contribution in [-0.4, -0.2) is 44.6 Å². The van der Waals surface area contributed by atoms with Crippen LogP contribution >= 0.6 is 0 Å². The number of rotatable bonds is 3. The van der Waals surface area contributed by atoms with Gasteiger partial charge in [-0.2, -0.15) is 0 Å². The molecule has 1 aromatic rings. The summed E-state index contributed by atoms with van der Waals surface area (Å²) in [5.74, 6) is -0.0405. The average molecular weight is 270 g/mol. The number of aromatic hydroxyl groups is 1. The molecule has 100 valence electrons. The summed E-state index contributed by atoms with van der Waals surface area (Å²) in [7, 11) is -1.50. The Bertz CT molecular complexity index is 508. The number of likely N-dealkylation sites (tertiary alicyclic amines) is 1. The summed E-state index contributed by atoms with van der Waals surface area (Å²) in [6, 6.07) is 5.70. The summed E-state index contributed by atoms with van der Waals surface area (Å²) >= 11 is 0. The number of piperidine rings is 1. The number of hydrogen-bond donors (Lipinski definition) is 2. The lowest BCUT2D eigenvalue weighted by atomic mass is 10.1. The molecule has 1 aliphatic rings. The maximum absolute atomic E-state index is 12.1. The summed E-state index contributed by atoms with van der Waals surface area (Å²) in [5, 5.41) is 9.32. The molecule has 0 bridgehead atoms. The van der Waals surface area contributed by atoms with Gasteiger partial charge in [-0.05, 0) is 51.2 Å². The van der Waals surface area contributed by atoms with Gasteiger partial charge in [0.15, 0.2) is 0 Å². The van der Waals surface area contributed by atoms with Crippen molar-refractivity contribution in [2.45, 2.75) is 23.8 Å². The number of sulfonamides is 1. The first-order valence-electron chi connectivity index (χ1n) is 5.97. The molecule has 6 heteroatoms. The van der Waals surface area contributed by atoms with E-state index in [1.807, 2.05) is 7.05 Å². The lowest BCUT2D eigenvalue weighted by Gasteiger charge is -2.29. The third kappa shape index (κ3) is 3.22. The Morgan fingerprint density at radius 1 is 1.33 bits per heavy atom. The van der Waals surface area contributed by atoms with E-state index in [4.69, 9.17) is 0 Å². The van der Waals surface area contributed by atoms with Crippen LogP contribution in [0.4, 0.5) is 0 Å². The molecular weight excluding hydrogens is 252 g/mol. The zero-order chi connectivity index (χ0) is 13.2. The molecule has 5 nitrogen and oxygen atoms in total. The number of phenolic OH excluding ortho intramolecular Hbond substituents is 1. The standard InChI is InChI=1S/C12H18N2O3S/c1-14-7-5-10(6-8-14)13-18(16,17)12-4-2-3-11(15)9-12/h2-4,9-10,13,15H,5-8H2,1H3. The Labute approximate surface area is 107 Å². The number of nitrogens with one attached hydrogen (secondary N) is 1. The lowest BCUT2D eigenvalue weighted by Crippen LogP contribution is -2.43. The lowest BCUT2D eigenvalue weighted by molar-refractivity contribution is 0.248. The SMILES string of the molecule is CN1CCC(NS(=O)(=O)c2cccc(O)c2)CC1. The third-order valence-corrected chi connectivity index (χ3v) is 4.69. The molecule has 0 atom stereocenters. The van der Waals surface area contributed by atoms with Gasteiger partial charge in [-0.3, -0.25) is 0 Å². The Balaban J connectivity index is 2.08. The minimum atomic E-state index is -3.53. The summed E-state index contributed by atoms with van der Waals surface area (Å²) in [6.45, 7) is 1.79. The Hall–Kier alpha value is -1.11. The zero-order valence-corrected chi connectivity index (χ0v) is 11.2. The van der Waals surface area contributed by atoms with Gasteiger partial charge in [0, 0.05) is 6.04 Å². The van der Waals surface area contributed by atoms with Crippen LogP contribution in [0.3, 0.4) is 0 Å². The van der Waals surface area contributed by atoms with E-state index in [0.29, 0.717) is 0 Å². The molecule has 0 amide bonds. The Morgan fingerprint density at radius 2 is 2.00 bits per heavy atom. The van der Waals surface area contributed by atoms with E-state index in [1.54, 1.807) is 0 Å². The number of hydrogen-bond acceptors (Lipinski definition) is 4. The van der Waals surface area contributed by atoms with E-state index < -0.39 is 10.0 Å². The van der Waals surface area contributed by atoms with Crippen molar-refractivity contribution in [3.8, 4) is 5.75 Å². The molecule has 1 aromatic carbocycles. The Morgan fingerprint density at radius 3 is 2.61 bits per heavy atom. The quantitative estimate of drug-likeness (QED) is 0.851. The van der Waals surface area contributed by atoms with Crippen molar-refractivity contribution in [1.29, 1.82) is 0 Å². The van der Waals surface area contributed by atoms with Crippen LogP contribution in [0.5, 0.6) is 5.75 Å². The third-order valence-electron chi connectivity index (χ3n) is 3.17. The average Bonchev–Trinajstić information content (AvgIpc) is 2.32. The molecule has 1 heterocycles. The molecule has 18 heavy (non-hydrogen) atoms. The molecule has 0 spiro atoms. The van der Waals surface area contributed by atoms with E-state index in [0.717, 1.165) is 25.9 Å².